The number of nitrogens with one attached hydrogen (secondary N) is 1. The van der Waals surface area contributed by atoms with Gasteiger partial charge < -0.3 is 0 Å². The Bertz CT molecular complexity index is 1020. The van der Waals surface area contributed by atoms with Crippen LogP contribution in [0.4, 0.5) is 0 Å². The Hall–Kier alpha value is -2.96. The van der Waals surface area contributed by atoms with E-state index < -0.39 is 11.4 Å². The van der Waals surface area contributed by atoms with Crippen LogP contribution in [0.1, 0.15) is 41.4 Å². The molecule has 0 fully saturated rings. The van der Waals surface area contributed by atoms with Crippen molar-refractivity contribution in [3.05, 3.63) is 68.3 Å². The number of hydrogen-bond acceptors (Lipinski definition) is 4. The predicted molar refractivity (Wildman–Crippen MR) is 89.6 cm³/mol. The van der Waals surface area contributed by atoms with Crippen LogP contribution in [0.25, 0.3) is 5.78 Å². The number of benzene rings is 1. The van der Waals surface area contributed by atoms with Crippen molar-refractivity contribution in [2.24, 2.45) is 7.05 Å². The van der Waals surface area contributed by atoms with Crippen LogP contribution >= 0.6 is 0 Å². The number of aromatic nitrogens is 4. The van der Waals surface area contributed by atoms with E-state index in [1.165, 1.54) is 22.2 Å². The van der Waals surface area contributed by atoms with Crippen LogP contribution in [0, 0.1) is 0 Å². The Labute approximate surface area is 137 Å². The van der Waals surface area contributed by atoms with Crippen LogP contribution in [0.2, 0.25) is 0 Å². The highest BCUT2D eigenvalue weighted by Gasteiger charge is 2.15. The molecule has 3 aromatic rings. The summed E-state index contributed by atoms with van der Waals surface area (Å²) >= 11 is 0. The molecule has 0 aliphatic heterocycles. The Morgan fingerprint density at radius 1 is 1.17 bits per heavy atom. The van der Waals surface area contributed by atoms with Crippen LogP contribution < -0.4 is 11.4 Å². The summed E-state index contributed by atoms with van der Waals surface area (Å²) in [4.78, 5) is 42.4. The zero-order valence-corrected chi connectivity index (χ0v) is 13.7. The first kappa shape index (κ1) is 15.9. The minimum atomic E-state index is -0.594. The molecule has 0 aliphatic rings. The van der Waals surface area contributed by atoms with Crippen LogP contribution in [0.5, 0.6) is 0 Å². The van der Waals surface area contributed by atoms with Gasteiger partial charge in [0, 0.05) is 12.6 Å². The number of rotatable bonds is 4. The van der Waals surface area contributed by atoms with Gasteiger partial charge in [0.05, 0.1) is 18.3 Å². The van der Waals surface area contributed by atoms with Crippen LogP contribution in [-0.4, -0.2) is 24.7 Å². The minimum Gasteiger partial charge on any atom is -0.294 e. The van der Waals surface area contributed by atoms with E-state index in [0.29, 0.717) is 17.2 Å². The number of fused-ring (bicyclic) bond motifs is 1. The molecule has 0 spiro atoms. The number of Topliss-reactive ketones (excluding diaryl/α,β-unsaturated/α-hetero) is 1. The molecule has 0 saturated heterocycles. The van der Waals surface area contributed by atoms with E-state index in [0.717, 1.165) is 5.56 Å². The average Bonchev–Trinajstić information content (AvgIpc) is 2.97. The van der Waals surface area contributed by atoms with Crippen molar-refractivity contribution in [3.8, 4) is 0 Å². The van der Waals surface area contributed by atoms with E-state index >= 15 is 0 Å². The van der Waals surface area contributed by atoms with Crippen molar-refractivity contribution in [1.29, 1.82) is 0 Å². The molecule has 0 atom stereocenters. The highest BCUT2D eigenvalue weighted by molar-refractivity contribution is 5.97. The second kappa shape index (κ2) is 5.92. The second-order valence-electron chi connectivity index (χ2n) is 6.06. The molecule has 124 valence electrons. The molecular formula is C17H18N4O3. The molecule has 1 aromatic carbocycles. The van der Waals surface area contributed by atoms with Crippen molar-refractivity contribution in [2.45, 2.75) is 26.2 Å². The lowest BCUT2D eigenvalue weighted by molar-refractivity contribution is 0.0991. The number of H-pyrrole nitrogens is 1. The maximum Gasteiger partial charge on any atom is 0.336 e. The van der Waals surface area contributed by atoms with Crippen LogP contribution in [-0.2, 0) is 13.5 Å². The average molecular weight is 326 g/mol. The number of carbonyl (C=O) groups is 1. The molecule has 1 N–H and O–H groups in total. The summed E-state index contributed by atoms with van der Waals surface area (Å²) in [5, 5.41) is 0. The van der Waals surface area contributed by atoms with Gasteiger partial charge in [-0.2, -0.15) is 0 Å². The molecule has 3 rings (SSSR count). The molecule has 24 heavy (non-hydrogen) atoms. The minimum absolute atomic E-state index is 0.0312. The molecule has 0 aliphatic carbocycles. The predicted octanol–water partition coefficient (Wildman–Crippen LogP) is 1.27. The summed E-state index contributed by atoms with van der Waals surface area (Å²) < 4.78 is 2.48. The van der Waals surface area contributed by atoms with E-state index in [9.17, 15) is 14.4 Å². The van der Waals surface area contributed by atoms with Crippen molar-refractivity contribution < 1.29 is 4.79 Å². The number of ketones is 1. The standard InChI is InChI=1S/C17H18N4O3/c1-10(2)11-4-6-12(7-5-11)14(22)8-13-9-18-15-20(3)16(23)19-17(24)21(13)15/h4-7,9-10H,8H2,1-3H3,(H,19,23,24). The molecule has 7 heteroatoms. The molecular weight excluding hydrogens is 308 g/mol. The third-order valence-electron chi connectivity index (χ3n) is 4.08. The Morgan fingerprint density at radius 2 is 1.83 bits per heavy atom. The molecule has 7 nitrogen and oxygen atoms in total. The first-order valence-corrected chi connectivity index (χ1v) is 7.67. The highest BCUT2D eigenvalue weighted by atomic mass is 16.2. The lowest BCUT2D eigenvalue weighted by Crippen LogP contribution is -2.34. The molecule has 0 saturated carbocycles. The first-order chi connectivity index (χ1) is 11.4. The third kappa shape index (κ3) is 2.68. The van der Waals surface area contributed by atoms with E-state index in [1.807, 2.05) is 12.1 Å². The second-order valence-corrected chi connectivity index (χ2v) is 6.06. The van der Waals surface area contributed by atoms with E-state index in [2.05, 4.69) is 23.8 Å². The normalized spacial score (nSPS) is 11.3. The van der Waals surface area contributed by atoms with Crippen molar-refractivity contribution >= 4 is 11.6 Å². The number of hydrogen-bond donors (Lipinski definition) is 1. The van der Waals surface area contributed by atoms with Gasteiger partial charge >= 0.3 is 11.4 Å². The monoisotopic (exact) mass is 326 g/mol. The van der Waals surface area contributed by atoms with Gasteiger partial charge in [-0.15, -0.1) is 0 Å². The van der Waals surface area contributed by atoms with Gasteiger partial charge in [0.2, 0.25) is 5.78 Å². The number of imidazole rings is 1. The molecule has 0 radical (unpaired) electrons. The van der Waals surface area contributed by atoms with Crippen LogP contribution in [0.3, 0.4) is 0 Å². The highest BCUT2D eigenvalue weighted by Crippen LogP contribution is 2.16. The summed E-state index contributed by atoms with van der Waals surface area (Å²) in [6.07, 6.45) is 1.48. The Balaban J connectivity index is 1.95. The molecule has 0 bridgehead atoms. The summed E-state index contributed by atoms with van der Waals surface area (Å²) in [5.74, 6) is 0.495. The Kier molecular flexibility index (Phi) is 3.92. The number of aryl methyl sites for hydroxylation is 1. The van der Waals surface area contributed by atoms with Crippen molar-refractivity contribution in [2.75, 3.05) is 0 Å². The summed E-state index contributed by atoms with van der Waals surface area (Å²) in [6.45, 7) is 4.18. The van der Waals surface area contributed by atoms with Gasteiger partial charge in [-0.1, -0.05) is 38.1 Å². The first-order valence-electron chi connectivity index (χ1n) is 7.67. The molecule has 2 aromatic heterocycles. The molecule has 2 heterocycles. The van der Waals surface area contributed by atoms with E-state index in [-0.39, 0.29) is 18.0 Å². The molecule has 0 amide bonds. The summed E-state index contributed by atoms with van der Waals surface area (Å²) in [5.41, 5.74) is 1.05. The zero-order valence-electron chi connectivity index (χ0n) is 13.7. The van der Waals surface area contributed by atoms with Gasteiger partial charge in [0.1, 0.15) is 0 Å². The topological polar surface area (TPSA) is 89.2 Å². The maximum atomic E-state index is 12.5. The number of carbonyl (C=O) groups excluding carboxylic acids is 1. The van der Waals surface area contributed by atoms with Crippen LogP contribution in [0.15, 0.2) is 40.1 Å². The number of aromatic amines is 1. The quantitative estimate of drug-likeness (QED) is 0.731. The zero-order chi connectivity index (χ0) is 17.4. The van der Waals surface area contributed by atoms with E-state index in [4.69, 9.17) is 0 Å². The van der Waals surface area contributed by atoms with Crippen molar-refractivity contribution in [3.63, 3.8) is 0 Å². The Morgan fingerprint density at radius 3 is 2.46 bits per heavy atom. The fourth-order valence-electron chi connectivity index (χ4n) is 2.60. The van der Waals surface area contributed by atoms with Gasteiger partial charge in [-0.05, 0) is 11.5 Å². The fourth-order valence-corrected chi connectivity index (χ4v) is 2.60. The largest absolute Gasteiger partial charge is 0.336 e. The van der Waals surface area contributed by atoms with Crippen molar-refractivity contribution in [1.82, 2.24) is 18.9 Å². The third-order valence-corrected chi connectivity index (χ3v) is 4.08. The maximum absolute atomic E-state index is 12.5. The van der Waals surface area contributed by atoms with Gasteiger partial charge in [-0.25, -0.2) is 19.0 Å². The lowest BCUT2D eigenvalue weighted by atomic mass is 9.99. The SMILES string of the molecule is CC(C)c1ccc(C(=O)Cc2cnc3n(C)c(=O)[nH]c(=O)n23)cc1. The van der Waals surface area contributed by atoms with E-state index in [1.54, 1.807) is 12.1 Å². The smallest absolute Gasteiger partial charge is 0.294 e. The number of nitrogens with zero attached hydrogens (tertiary/aromatic N) is 3. The summed E-state index contributed by atoms with van der Waals surface area (Å²) in [7, 11) is 1.51. The lowest BCUT2D eigenvalue weighted by Gasteiger charge is -2.06. The fraction of sp³-hybridized carbons (Fsp3) is 0.294. The van der Waals surface area contributed by atoms with Gasteiger partial charge in [0.15, 0.2) is 5.78 Å². The van der Waals surface area contributed by atoms with Gasteiger partial charge in [0.25, 0.3) is 0 Å². The molecule has 0 unspecified atom stereocenters. The van der Waals surface area contributed by atoms with Gasteiger partial charge in [-0.3, -0.25) is 14.3 Å². The summed E-state index contributed by atoms with van der Waals surface area (Å²) in [6, 6.07) is 7.45.